The van der Waals surface area contributed by atoms with Crippen molar-refractivity contribution in [1.82, 2.24) is 19.5 Å². The molecule has 4 heterocycles. The Morgan fingerprint density at radius 3 is 2.82 bits per heavy atom. The quantitative estimate of drug-likeness (QED) is 0.342. The van der Waals surface area contributed by atoms with Crippen LogP contribution < -0.4 is 21.5 Å². The zero-order valence-electron chi connectivity index (χ0n) is 17.4. The van der Waals surface area contributed by atoms with Gasteiger partial charge in [0.2, 0.25) is 11.9 Å². The van der Waals surface area contributed by atoms with E-state index in [1.54, 1.807) is 24.3 Å². The van der Waals surface area contributed by atoms with Gasteiger partial charge in [-0.25, -0.2) is 4.98 Å². The molecule has 5 N–H and O–H groups in total. The van der Waals surface area contributed by atoms with Crippen molar-refractivity contribution in [2.75, 3.05) is 17.7 Å². The number of benzene rings is 1. The minimum atomic E-state index is -4.58. The number of hydrogen-bond donors (Lipinski definition) is 4. The number of imidazole rings is 1. The van der Waals surface area contributed by atoms with Gasteiger partial charge in [-0.3, -0.25) is 23.7 Å². The number of nitrogens with two attached hydrogens (primary N) is 1. The van der Waals surface area contributed by atoms with E-state index in [1.165, 1.54) is 11.5 Å². The predicted molar refractivity (Wildman–Crippen MR) is 116 cm³/mol. The minimum Gasteiger partial charge on any atom is -0.756 e. The smallest absolute Gasteiger partial charge is 0.280 e. The Morgan fingerprint density at radius 2 is 2.12 bits per heavy atom. The molecule has 180 valence electrons. The molecule has 0 bridgehead atoms. The van der Waals surface area contributed by atoms with Gasteiger partial charge in [0.15, 0.2) is 22.5 Å². The standard InChI is InChI=1S/C18H19N6O8PS/c1-7(25)20-8-2-4-9(5-3-8)34-18-21-11-14(22-17(19)23-15(11)27)24(18)16-12(26)13-10(31-16)6-30-33(28,29)32-13/h2-5,10,12-13,16,26H,6H2,1H3,(H,20,25)(H,28,29)(H3,19,22,23,27)/p-1/t10?,12?,13-,16-/m1/s1. The van der Waals surface area contributed by atoms with Gasteiger partial charge in [0.05, 0.1) is 6.61 Å². The summed E-state index contributed by atoms with van der Waals surface area (Å²) in [6, 6.07) is 6.82. The molecule has 2 aliphatic rings. The maximum atomic E-state index is 12.5. The summed E-state index contributed by atoms with van der Waals surface area (Å²) in [6.45, 7) is 1.06. The summed E-state index contributed by atoms with van der Waals surface area (Å²) in [5, 5.41) is 13.8. The number of anilines is 2. The lowest BCUT2D eigenvalue weighted by Gasteiger charge is -2.34. The van der Waals surface area contributed by atoms with Crippen LogP contribution in [0.5, 0.6) is 0 Å². The zero-order chi connectivity index (χ0) is 24.2. The lowest BCUT2D eigenvalue weighted by Crippen LogP contribution is -2.41. The van der Waals surface area contributed by atoms with Crippen LogP contribution in [0.1, 0.15) is 13.2 Å². The first-order valence-corrected chi connectivity index (χ1v) is 12.2. The molecule has 16 heteroatoms. The van der Waals surface area contributed by atoms with Gasteiger partial charge in [-0.15, -0.1) is 0 Å². The topological polar surface area (TPSA) is 207 Å². The molecule has 34 heavy (non-hydrogen) atoms. The first kappa shape index (κ1) is 23.0. The number of phosphoric acid groups is 1. The molecule has 1 amide bonds. The summed E-state index contributed by atoms with van der Waals surface area (Å²) < 4.78 is 28.5. The lowest BCUT2D eigenvalue weighted by atomic mass is 10.1. The molecule has 0 saturated carbocycles. The Bertz CT molecular complexity index is 1380. The van der Waals surface area contributed by atoms with Crippen LogP contribution in [0.2, 0.25) is 0 Å². The highest BCUT2D eigenvalue weighted by Gasteiger charge is 2.51. The summed E-state index contributed by atoms with van der Waals surface area (Å²) >= 11 is 1.13. The van der Waals surface area contributed by atoms with E-state index in [-0.39, 0.29) is 34.8 Å². The summed E-state index contributed by atoms with van der Waals surface area (Å²) in [7, 11) is -4.58. The van der Waals surface area contributed by atoms with Crippen molar-refractivity contribution in [2.24, 2.45) is 0 Å². The summed E-state index contributed by atoms with van der Waals surface area (Å²) in [6.07, 6.45) is -4.75. The summed E-state index contributed by atoms with van der Waals surface area (Å²) in [5.41, 5.74) is 5.70. The molecular weight excluding hydrogens is 491 g/mol. The fraction of sp³-hybridized carbons (Fsp3) is 0.333. The Balaban J connectivity index is 1.55. The third-order valence-corrected chi connectivity index (χ3v) is 7.08. The van der Waals surface area contributed by atoms with Crippen LogP contribution in [-0.2, 0) is 23.1 Å². The number of aromatic amines is 1. The SMILES string of the molecule is CC(=O)Nc1ccc(Sc2nc3c(=O)[nH]c(N)nc3n2[C@@H]2OC3COP(=O)([O-])O[C@H]3C2O)cc1. The van der Waals surface area contributed by atoms with Gasteiger partial charge in [-0.1, -0.05) is 11.8 Å². The fourth-order valence-corrected chi connectivity index (χ4v) is 5.60. The number of aromatic nitrogens is 4. The number of aliphatic hydroxyl groups excluding tert-OH is 1. The van der Waals surface area contributed by atoms with Crippen LogP contribution in [0, 0.1) is 0 Å². The van der Waals surface area contributed by atoms with Gasteiger partial charge in [0, 0.05) is 17.5 Å². The molecule has 2 saturated heterocycles. The molecule has 1 aromatic carbocycles. The van der Waals surface area contributed by atoms with E-state index < -0.39 is 37.9 Å². The largest absolute Gasteiger partial charge is 0.756 e. The highest BCUT2D eigenvalue weighted by atomic mass is 32.2. The van der Waals surface area contributed by atoms with Gasteiger partial charge >= 0.3 is 0 Å². The Kier molecular flexibility index (Phi) is 5.72. The summed E-state index contributed by atoms with van der Waals surface area (Å²) in [5.74, 6) is -0.392. The van der Waals surface area contributed by atoms with E-state index in [9.17, 15) is 24.2 Å². The fourth-order valence-electron chi connectivity index (χ4n) is 3.74. The van der Waals surface area contributed by atoms with Crippen molar-refractivity contribution < 1.29 is 33.1 Å². The number of phosphoric ester groups is 1. The average molecular weight is 509 g/mol. The Morgan fingerprint density at radius 1 is 1.38 bits per heavy atom. The Hall–Kier alpha value is -2.78. The van der Waals surface area contributed by atoms with Crippen molar-refractivity contribution in [3.05, 3.63) is 34.6 Å². The number of ether oxygens (including phenoxy) is 1. The number of nitrogens with zero attached hydrogens (tertiary/aromatic N) is 3. The van der Waals surface area contributed by atoms with Crippen LogP contribution >= 0.6 is 19.6 Å². The summed E-state index contributed by atoms with van der Waals surface area (Å²) in [4.78, 5) is 47.0. The highest BCUT2D eigenvalue weighted by molar-refractivity contribution is 7.99. The number of amides is 1. The zero-order valence-corrected chi connectivity index (χ0v) is 19.1. The van der Waals surface area contributed by atoms with Crippen molar-refractivity contribution in [3.63, 3.8) is 0 Å². The second-order valence-electron chi connectivity index (χ2n) is 7.56. The molecule has 0 spiro atoms. The first-order chi connectivity index (χ1) is 16.1. The molecule has 2 fully saturated rings. The highest BCUT2D eigenvalue weighted by Crippen LogP contribution is 2.50. The maximum absolute atomic E-state index is 12.5. The second-order valence-corrected chi connectivity index (χ2v) is 9.97. The van der Waals surface area contributed by atoms with Crippen LogP contribution in [-0.4, -0.2) is 55.5 Å². The Labute approximate surface area is 195 Å². The number of carbonyl (C=O) groups is 1. The van der Waals surface area contributed by atoms with Crippen LogP contribution in [0.25, 0.3) is 11.2 Å². The molecule has 5 rings (SSSR count). The number of carbonyl (C=O) groups excluding carboxylic acids is 1. The van der Waals surface area contributed by atoms with E-state index in [0.717, 1.165) is 11.8 Å². The van der Waals surface area contributed by atoms with E-state index in [2.05, 4.69) is 24.8 Å². The van der Waals surface area contributed by atoms with Gasteiger partial charge in [-0.05, 0) is 24.3 Å². The molecule has 3 unspecified atom stereocenters. The van der Waals surface area contributed by atoms with Crippen LogP contribution in [0.15, 0.2) is 39.1 Å². The molecule has 2 aliphatic heterocycles. The third kappa shape index (κ3) is 4.22. The number of rotatable bonds is 4. The maximum Gasteiger partial charge on any atom is 0.280 e. The lowest BCUT2D eigenvalue weighted by molar-refractivity contribution is -0.245. The molecule has 14 nitrogen and oxygen atoms in total. The average Bonchev–Trinajstić information content (AvgIpc) is 3.26. The number of fused-ring (bicyclic) bond motifs is 2. The van der Waals surface area contributed by atoms with E-state index in [0.29, 0.717) is 10.6 Å². The normalized spacial score (nSPS) is 28.7. The van der Waals surface area contributed by atoms with Crippen molar-refractivity contribution in [1.29, 1.82) is 0 Å². The number of hydrogen-bond acceptors (Lipinski definition) is 12. The second kappa shape index (κ2) is 8.46. The molecule has 0 radical (unpaired) electrons. The molecule has 5 atom stereocenters. The monoisotopic (exact) mass is 509 g/mol. The number of aliphatic hydroxyl groups is 1. The number of nitrogens with one attached hydrogen (secondary N) is 2. The number of nitrogen functional groups attached to an aromatic ring is 1. The van der Waals surface area contributed by atoms with Crippen molar-refractivity contribution >= 4 is 48.3 Å². The van der Waals surface area contributed by atoms with E-state index >= 15 is 0 Å². The van der Waals surface area contributed by atoms with Gasteiger partial charge in [0.1, 0.15) is 18.3 Å². The molecule has 3 aromatic rings. The van der Waals surface area contributed by atoms with Crippen LogP contribution in [0.3, 0.4) is 0 Å². The minimum absolute atomic E-state index is 0.0348. The van der Waals surface area contributed by atoms with Crippen molar-refractivity contribution in [3.8, 4) is 0 Å². The van der Waals surface area contributed by atoms with Gasteiger partial charge < -0.3 is 34.8 Å². The van der Waals surface area contributed by atoms with Gasteiger partial charge in [-0.2, -0.15) is 4.98 Å². The van der Waals surface area contributed by atoms with E-state index in [4.69, 9.17) is 15.0 Å². The molecule has 2 aromatic heterocycles. The number of H-pyrrole nitrogens is 1. The molecule has 0 aliphatic carbocycles. The third-order valence-electron chi connectivity index (χ3n) is 5.13. The molecular formula is C18H18N6O8PS-. The van der Waals surface area contributed by atoms with Crippen molar-refractivity contribution in [2.45, 2.75) is 41.5 Å². The van der Waals surface area contributed by atoms with E-state index in [1.807, 2.05) is 0 Å². The first-order valence-electron chi connectivity index (χ1n) is 9.92. The van der Waals surface area contributed by atoms with Crippen LogP contribution in [0.4, 0.5) is 11.6 Å². The predicted octanol–water partition coefficient (Wildman–Crippen LogP) is -0.0465. The van der Waals surface area contributed by atoms with Gasteiger partial charge in [0.25, 0.3) is 13.4 Å².